The number of anilines is 1. The highest BCUT2D eigenvalue weighted by Crippen LogP contribution is 2.45. The summed E-state index contributed by atoms with van der Waals surface area (Å²) in [6.07, 6.45) is 4.04. The number of nitrogens with one attached hydrogen (secondary N) is 1. The van der Waals surface area contributed by atoms with Gasteiger partial charge in [-0.15, -0.1) is 0 Å². The molecule has 0 aromatic heterocycles. The van der Waals surface area contributed by atoms with Gasteiger partial charge in [-0.05, 0) is 37.3 Å². The van der Waals surface area contributed by atoms with Crippen LogP contribution in [0.15, 0.2) is 24.3 Å². The maximum atomic E-state index is 12.1. The van der Waals surface area contributed by atoms with Gasteiger partial charge in [0.25, 0.3) is 0 Å². The summed E-state index contributed by atoms with van der Waals surface area (Å²) in [4.78, 5) is 12.1. The monoisotopic (exact) mass is 260 g/mol. The number of benzene rings is 1. The number of rotatable bonds is 3. The molecule has 104 valence electrons. The van der Waals surface area contributed by atoms with Crippen molar-refractivity contribution in [3.63, 3.8) is 0 Å². The lowest BCUT2D eigenvalue weighted by Gasteiger charge is -2.49. The Hall–Kier alpha value is -1.51. The van der Waals surface area contributed by atoms with Crippen molar-refractivity contribution >= 4 is 11.6 Å². The number of carbonyl (C=O) groups is 1. The first-order valence-electron chi connectivity index (χ1n) is 7.02. The SMILES string of the molecule is Cc1ccc(NC2(C(N)=O)CCCCC2(C)C)cc1. The van der Waals surface area contributed by atoms with Crippen molar-refractivity contribution in [3.8, 4) is 0 Å². The van der Waals surface area contributed by atoms with Crippen LogP contribution in [0, 0.1) is 12.3 Å². The third kappa shape index (κ3) is 2.46. The van der Waals surface area contributed by atoms with Gasteiger partial charge in [0.05, 0.1) is 0 Å². The highest BCUT2D eigenvalue weighted by molar-refractivity contribution is 5.89. The maximum Gasteiger partial charge on any atom is 0.243 e. The lowest BCUT2D eigenvalue weighted by molar-refractivity contribution is -0.127. The standard InChI is InChI=1S/C16H24N2O/c1-12-6-8-13(9-7-12)18-16(14(17)19)11-5-4-10-15(16,2)3/h6-9,18H,4-5,10-11H2,1-3H3,(H2,17,19). The van der Waals surface area contributed by atoms with Gasteiger partial charge in [0.2, 0.25) is 5.91 Å². The average molecular weight is 260 g/mol. The van der Waals surface area contributed by atoms with E-state index in [-0.39, 0.29) is 11.3 Å². The van der Waals surface area contributed by atoms with E-state index < -0.39 is 5.54 Å². The maximum absolute atomic E-state index is 12.1. The molecule has 0 saturated heterocycles. The molecule has 1 aromatic carbocycles. The Kier molecular flexibility index (Phi) is 3.57. The van der Waals surface area contributed by atoms with Crippen LogP contribution in [-0.2, 0) is 4.79 Å². The van der Waals surface area contributed by atoms with E-state index in [1.54, 1.807) is 0 Å². The largest absolute Gasteiger partial charge is 0.371 e. The number of primary amides is 1. The quantitative estimate of drug-likeness (QED) is 0.876. The van der Waals surface area contributed by atoms with Crippen molar-refractivity contribution < 1.29 is 4.79 Å². The van der Waals surface area contributed by atoms with Crippen LogP contribution in [0.2, 0.25) is 0 Å². The average Bonchev–Trinajstić information content (AvgIpc) is 2.34. The Morgan fingerprint density at radius 2 is 1.74 bits per heavy atom. The van der Waals surface area contributed by atoms with E-state index in [0.29, 0.717) is 0 Å². The second kappa shape index (κ2) is 4.87. The Labute approximate surface area is 115 Å². The molecule has 0 bridgehead atoms. The Morgan fingerprint density at radius 3 is 2.26 bits per heavy atom. The molecule has 3 heteroatoms. The zero-order valence-electron chi connectivity index (χ0n) is 12.1. The predicted octanol–water partition coefficient (Wildman–Crippen LogP) is 3.23. The number of hydrogen-bond acceptors (Lipinski definition) is 2. The lowest BCUT2D eigenvalue weighted by Crippen LogP contribution is -2.61. The van der Waals surface area contributed by atoms with Gasteiger partial charge < -0.3 is 11.1 Å². The molecule has 1 saturated carbocycles. The molecule has 1 aromatic rings. The third-order valence-electron chi connectivity index (χ3n) is 4.59. The second-order valence-corrected chi connectivity index (χ2v) is 6.35. The molecule has 1 amide bonds. The summed E-state index contributed by atoms with van der Waals surface area (Å²) >= 11 is 0. The first-order chi connectivity index (χ1) is 8.87. The smallest absolute Gasteiger partial charge is 0.243 e. The molecule has 0 heterocycles. The molecular formula is C16H24N2O. The third-order valence-corrected chi connectivity index (χ3v) is 4.59. The van der Waals surface area contributed by atoms with Gasteiger partial charge in [-0.3, -0.25) is 4.79 Å². The van der Waals surface area contributed by atoms with E-state index in [1.165, 1.54) is 5.56 Å². The van der Waals surface area contributed by atoms with Crippen molar-refractivity contribution in [2.45, 2.75) is 52.0 Å². The summed E-state index contributed by atoms with van der Waals surface area (Å²) in [7, 11) is 0. The molecule has 1 unspecified atom stereocenters. The molecular weight excluding hydrogens is 236 g/mol. The molecule has 3 nitrogen and oxygen atoms in total. The minimum absolute atomic E-state index is 0.123. The van der Waals surface area contributed by atoms with Crippen molar-refractivity contribution in [2.24, 2.45) is 11.1 Å². The molecule has 0 radical (unpaired) electrons. The number of aryl methyl sites for hydroxylation is 1. The molecule has 0 spiro atoms. The Bertz CT molecular complexity index is 464. The summed E-state index contributed by atoms with van der Waals surface area (Å²) in [5.74, 6) is -0.238. The van der Waals surface area contributed by atoms with E-state index in [0.717, 1.165) is 31.4 Å². The molecule has 1 fully saturated rings. The summed E-state index contributed by atoms with van der Waals surface area (Å²) in [6, 6.07) is 8.13. The number of carbonyl (C=O) groups excluding carboxylic acids is 1. The molecule has 0 aliphatic heterocycles. The van der Waals surface area contributed by atoms with Gasteiger partial charge in [-0.25, -0.2) is 0 Å². The topological polar surface area (TPSA) is 55.1 Å². The van der Waals surface area contributed by atoms with Crippen molar-refractivity contribution in [1.82, 2.24) is 0 Å². The fourth-order valence-corrected chi connectivity index (χ4v) is 3.14. The first-order valence-corrected chi connectivity index (χ1v) is 7.02. The van der Waals surface area contributed by atoms with E-state index in [2.05, 4.69) is 26.1 Å². The van der Waals surface area contributed by atoms with Crippen molar-refractivity contribution in [2.75, 3.05) is 5.32 Å². The Balaban J connectivity index is 2.34. The highest BCUT2D eigenvalue weighted by atomic mass is 16.1. The van der Waals surface area contributed by atoms with Gasteiger partial charge in [0, 0.05) is 5.69 Å². The minimum atomic E-state index is -0.638. The zero-order valence-corrected chi connectivity index (χ0v) is 12.1. The molecule has 19 heavy (non-hydrogen) atoms. The first kappa shape index (κ1) is 13.9. The van der Waals surface area contributed by atoms with Crippen LogP contribution in [0.1, 0.15) is 45.1 Å². The van der Waals surface area contributed by atoms with E-state index >= 15 is 0 Å². The van der Waals surface area contributed by atoms with E-state index in [1.807, 2.05) is 24.3 Å². The molecule has 1 aliphatic rings. The molecule has 1 aliphatic carbocycles. The molecule has 3 N–H and O–H groups in total. The van der Waals surface area contributed by atoms with Crippen LogP contribution in [0.4, 0.5) is 5.69 Å². The summed E-state index contributed by atoms with van der Waals surface area (Å²) < 4.78 is 0. The Morgan fingerprint density at radius 1 is 1.16 bits per heavy atom. The van der Waals surface area contributed by atoms with E-state index in [9.17, 15) is 4.79 Å². The van der Waals surface area contributed by atoms with Gasteiger partial charge in [0.15, 0.2) is 0 Å². The number of nitrogens with two attached hydrogens (primary N) is 1. The lowest BCUT2D eigenvalue weighted by atomic mass is 9.62. The van der Waals surface area contributed by atoms with Crippen LogP contribution < -0.4 is 11.1 Å². The van der Waals surface area contributed by atoms with Crippen molar-refractivity contribution in [3.05, 3.63) is 29.8 Å². The van der Waals surface area contributed by atoms with Crippen molar-refractivity contribution in [1.29, 1.82) is 0 Å². The molecule has 1 atom stereocenters. The van der Waals surface area contributed by atoms with Gasteiger partial charge >= 0.3 is 0 Å². The van der Waals surface area contributed by atoms with Crippen LogP contribution in [0.5, 0.6) is 0 Å². The normalized spacial score (nSPS) is 25.8. The summed E-state index contributed by atoms with van der Waals surface area (Å²) in [6.45, 7) is 6.33. The van der Waals surface area contributed by atoms with Gasteiger partial charge in [-0.1, -0.05) is 44.4 Å². The number of hydrogen-bond donors (Lipinski definition) is 2. The highest BCUT2D eigenvalue weighted by Gasteiger charge is 2.51. The van der Waals surface area contributed by atoms with E-state index in [4.69, 9.17) is 5.73 Å². The molecule has 2 rings (SSSR count). The van der Waals surface area contributed by atoms with Crippen LogP contribution in [-0.4, -0.2) is 11.4 Å². The minimum Gasteiger partial charge on any atom is -0.371 e. The summed E-state index contributed by atoms with van der Waals surface area (Å²) in [5.41, 5.74) is 7.17. The fourth-order valence-electron chi connectivity index (χ4n) is 3.14. The van der Waals surface area contributed by atoms with Gasteiger partial charge in [-0.2, -0.15) is 0 Å². The fraction of sp³-hybridized carbons (Fsp3) is 0.562. The van der Waals surface area contributed by atoms with Gasteiger partial charge in [0.1, 0.15) is 5.54 Å². The zero-order chi connectivity index (χ0) is 14.1. The second-order valence-electron chi connectivity index (χ2n) is 6.35. The number of amides is 1. The van der Waals surface area contributed by atoms with Crippen LogP contribution >= 0.6 is 0 Å². The van der Waals surface area contributed by atoms with Crippen LogP contribution in [0.25, 0.3) is 0 Å². The van der Waals surface area contributed by atoms with Crippen LogP contribution in [0.3, 0.4) is 0 Å². The summed E-state index contributed by atoms with van der Waals surface area (Å²) in [5, 5.41) is 3.44. The predicted molar refractivity (Wildman–Crippen MR) is 79.0 cm³/mol.